The molecule has 1 aromatic rings. The highest BCUT2D eigenvalue weighted by Crippen LogP contribution is 2.34. The first-order chi connectivity index (χ1) is 11.0. The molecular weight excluding hydrogens is 318 g/mol. The van der Waals surface area contributed by atoms with Crippen LogP contribution in [0.2, 0.25) is 0 Å². The normalized spacial score (nSPS) is 23.9. The average molecular weight is 339 g/mol. The van der Waals surface area contributed by atoms with Crippen molar-refractivity contribution in [2.75, 3.05) is 19.6 Å². The van der Waals surface area contributed by atoms with Crippen LogP contribution in [0.15, 0.2) is 29.2 Å². The number of hydrogen-bond acceptors (Lipinski definition) is 5. The largest absolute Gasteiger partial charge is 0.317 e. The summed E-state index contributed by atoms with van der Waals surface area (Å²) in [6.07, 6.45) is 3.77. The number of non-ortho nitro benzene ring substituents is 1. The van der Waals surface area contributed by atoms with Gasteiger partial charge in [-0.2, -0.15) is 4.31 Å². The number of nitrogens with zero attached hydrogens (tertiary/aromatic N) is 2. The molecule has 0 saturated carbocycles. The Labute approximate surface area is 135 Å². The van der Waals surface area contributed by atoms with Gasteiger partial charge in [0.25, 0.3) is 5.69 Å². The summed E-state index contributed by atoms with van der Waals surface area (Å²) in [7, 11) is -3.59. The second-order valence-electron chi connectivity index (χ2n) is 6.16. The van der Waals surface area contributed by atoms with E-state index in [9.17, 15) is 18.5 Å². The summed E-state index contributed by atoms with van der Waals surface area (Å²) in [4.78, 5) is 10.3. The first-order valence-corrected chi connectivity index (χ1v) is 9.41. The van der Waals surface area contributed by atoms with Crippen LogP contribution in [0.25, 0.3) is 0 Å². The minimum atomic E-state index is -3.59. The van der Waals surface area contributed by atoms with E-state index in [1.54, 1.807) is 4.31 Å². The smallest absolute Gasteiger partial charge is 0.269 e. The fourth-order valence-electron chi connectivity index (χ4n) is 3.64. The first kappa shape index (κ1) is 16.4. The average Bonchev–Trinajstić information content (AvgIpc) is 3.06. The molecule has 2 fully saturated rings. The van der Waals surface area contributed by atoms with E-state index in [4.69, 9.17) is 0 Å². The molecule has 2 saturated heterocycles. The fraction of sp³-hybridized carbons (Fsp3) is 0.600. The number of hydrogen-bond donors (Lipinski definition) is 1. The Bertz CT molecular complexity index is 668. The van der Waals surface area contributed by atoms with Crippen LogP contribution < -0.4 is 5.32 Å². The summed E-state index contributed by atoms with van der Waals surface area (Å²) in [6, 6.07) is 5.24. The Balaban J connectivity index is 1.84. The van der Waals surface area contributed by atoms with Crippen molar-refractivity contribution in [2.45, 2.75) is 36.6 Å². The fourth-order valence-corrected chi connectivity index (χ4v) is 5.39. The molecule has 2 aliphatic rings. The molecule has 3 rings (SSSR count). The van der Waals surface area contributed by atoms with E-state index in [-0.39, 0.29) is 16.6 Å². The Kier molecular flexibility index (Phi) is 4.65. The van der Waals surface area contributed by atoms with E-state index in [0.717, 1.165) is 38.8 Å². The van der Waals surface area contributed by atoms with Crippen LogP contribution in [0.5, 0.6) is 0 Å². The van der Waals surface area contributed by atoms with Crippen molar-refractivity contribution in [3.05, 3.63) is 34.4 Å². The number of sulfonamides is 1. The zero-order chi connectivity index (χ0) is 16.4. The van der Waals surface area contributed by atoms with E-state index in [0.29, 0.717) is 12.5 Å². The molecule has 126 valence electrons. The molecule has 0 aliphatic carbocycles. The lowest BCUT2D eigenvalue weighted by atomic mass is 9.89. The number of nitrogens with one attached hydrogen (secondary N) is 1. The second kappa shape index (κ2) is 6.54. The number of benzene rings is 1. The van der Waals surface area contributed by atoms with Crippen LogP contribution in [-0.4, -0.2) is 43.3 Å². The molecule has 7 nitrogen and oxygen atoms in total. The van der Waals surface area contributed by atoms with Gasteiger partial charge < -0.3 is 5.32 Å². The molecule has 1 unspecified atom stereocenters. The van der Waals surface area contributed by atoms with Crippen LogP contribution in [-0.2, 0) is 10.0 Å². The molecule has 1 N–H and O–H groups in total. The summed E-state index contributed by atoms with van der Waals surface area (Å²) in [5.74, 6) is 0.395. The Hall–Kier alpha value is -1.51. The van der Waals surface area contributed by atoms with Crippen molar-refractivity contribution >= 4 is 15.7 Å². The Morgan fingerprint density at radius 1 is 1.13 bits per heavy atom. The summed E-state index contributed by atoms with van der Waals surface area (Å²) in [6.45, 7) is 2.41. The van der Waals surface area contributed by atoms with E-state index < -0.39 is 14.9 Å². The number of rotatable bonds is 4. The van der Waals surface area contributed by atoms with Gasteiger partial charge in [0.05, 0.1) is 9.82 Å². The molecular formula is C15H21N3O4S. The zero-order valence-corrected chi connectivity index (χ0v) is 13.7. The molecule has 2 heterocycles. The van der Waals surface area contributed by atoms with Gasteiger partial charge in [-0.15, -0.1) is 0 Å². The van der Waals surface area contributed by atoms with Gasteiger partial charge in [-0.3, -0.25) is 10.1 Å². The van der Waals surface area contributed by atoms with Crippen LogP contribution in [0.3, 0.4) is 0 Å². The number of nitro groups is 1. The first-order valence-electron chi connectivity index (χ1n) is 7.97. The monoisotopic (exact) mass is 339 g/mol. The minimum Gasteiger partial charge on any atom is -0.317 e. The molecule has 23 heavy (non-hydrogen) atoms. The van der Waals surface area contributed by atoms with E-state index in [1.807, 2.05) is 0 Å². The topological polar surface area (TPSA) is 92.5 Å². The molecule has 1 aromatic carbocycles. The summed E-state index contributed by atoms with van der Waals surface area (Å²) < 4.78 is 27.4. The lowest BCUT2D eigenvalue weighted by Crippen LogP contribution is -2.43. The highest BCUT2D eigenvalue weighted by atomic mass is 32.2. The lowest BCUT2D eigenvalue weighted by molar-refractivity contribution is -0.384. The minimum absolute atomic E-state index is 0.0530. The molecule has 0 bridgehead atoms. The van der Waals surface area contributed by atoms with Crippen molar-refractivity contribution < 1.29 is 13.3 Å². The summed E-state index contributed by atoms with van der Waals surface area (Å²) in [5, 5.41) is 14.0. The van der Waals surface area contributed by atoms with Gasteiger partial charge in [0, 0.05) is 24.7 Å². The number of nitro benzene ring substituents is 1. The lowest BCUT2D eigenvalue weighted by Gasteiger charge is -2.33. The molecule has 0 radical (unpaired) electrons. The van der Waals surface area contributed by atoms with Crippen LogP contribution in [0, 0.1) is 16.0 Å². The van der Waals surface area contributed by atoms with Gasteiger partial charge in [0.1, 0.15) is 0 Å². The predicted molar refractivity (Wildman–Crippen MR) is 85.6 cm³/mol. The molecule has 1 atom stereocenters. The van der Waals surface area contributed by atoms with E-state index in [1.165, 1.54) is 24.3 Å². The highest BCUT2D eigenvalue weighted by Gasteiger charge is 2.39. The van der Waals surface area contributed by atoms with Crippen LogP contribution in [0.4, 0.5) is 5.69 Å². The van der Waals surface area contributed by atoms with Gasteiger partial charge in [0.2, 0.25) is 10.0 Å². The standard InChI is InChI=1S/C15H21N3O4S/c19-18(20)13-3-5-14(6-4-13)23(21,22)17-11-1-2-15(17)12-7-9-16-10-8-12/h3-6,12,15-16H,1-2,7-11H2. The van der Waals surface area contributed by atoms with Gasteiger partial charge in [-0.25, -0.2) is 8.42 Å². The van der Waals surface area contributed by atoms with Gasteiger partial charge >= 0.3 is 0 Å². The maximum atomic E-state index is 12.9. The highest BCUT2D eigenvalue weighted by molar-refractivity contribution is 7.89. The molecule has 8 heteroatoms. The molecule has 2 aliphatic heterocycles. The van der Waals surface area contributed by atoms with Crippen molar-refractivity contribution in [3.8, 4) is 0 Å². The Morgan fingerprint density at radius 3 is 2.39 bits per heavy atom. The number of piperidine rings is 1. The SMILES string of the molecule is O=[N+]([O-])c1ccc(S(=O)(=O)N2CCCC2C2CCNCC2)cc1. The van der Waals surface area contributed by atoms with Crippen molar-refractivity contribution in [3.63, 3.8) is 0 Å². The van der Waals surface area contributed by atoms with Crippen LogP contribution in [0.1, 0.15) is 25.7 Å². The van der Waals surface area contributed by atoms with Crippen LogP contribution >= 0.6 is 0 Å². The van der Waals surface area contributed by atoms with Crippen molar-refractivity contribution in [1.82, 2.24) is 9.62 Å². The maximum Gasteiger partial charge on any atom is 0.269 e. The molecule has 0 amide bonds. The second-order valence-corrected chi connectivity index (χ2v) is 8.05. The summed E-state index contributed by atoms with van der Waals surface area (Å²) in [5.41, 5.74) is -0.0970. The third-order valence-electron chi connectivity index (χ3n) is 4.83. The van der Waals surface area contributed by atoms with Gasteiger partial charge in [-0.1, -0.05) is 0 Å². The van der Waals surface area contributed by atoms with Gasteiger partial charge in [-0.05, 0) is 56.8 Å². The van der Waals surface area contributed by atoms with E-state index >= 15 is 0 Å². The summed E-state index contributed by atoms with van der Waals surface area (Å²) >= 11 is 0. The quantitative estimate of drug-likeness (QED) is 0.666. The van der Waals surface area contributed by atoms with Gasteiger partial charge in [0.15, 0.2) is 0 Å². The maximum absolute atomic E-state index is 12.9. The Morgan fingerprint density at radius 2 is 1.78 bits per heavy atom. The van der Waals surface area contributed by atoms with E-state index in [2.05, 4.69) is 5.32 Å². The van der Waals surface area contributed by atoms with Crippen molar-refractivity contribution in [1.29, 1.82) is 0 Å². The van der Waals surface area contributed by atoms with Crippen molar-refractivity contribution in [2.24, 2.45) is 5.92 Å². The molecule has 0 aromatic heterocycles. The third kappa shape index (κ3) is 3.24. The zero-order valence-electron chi connectivity index (χ0n) is 12.8. The third-order valence-corrected chi connectivity index (χ3v) is 6.77. The molecule has 0 spiro atoms. The predicted octanol–water partition coefficient (Wildman–Crippen LogP) is 1.75.